The molecular weight excluding hydrogens is 312 g/mol. The average Bonchev–Trinajstić information content (AvgIpc) is 2.77. The molecular formula is C22H28O3. The van der Waals surface area contributed by atoms with Crippen molar-refractivity contribution in [2.75, 3.05) is 0 Å². The van der Waals surface area contributed by atoms with Crippen molar-refractivity contribution in [1.82, 2.24) is 0 Å². The molecule has 25 heavy (non-hydrogen) atoms. The van der Waals surface area contributed by atoms with Crippen molar-refractivity contribution in [3.05, 3.63) is 36.0 Å². The summed E-state index contributed by atoms with van der Waals surface area (Å²) >= 11 is 0. The Kier molecular flexibility index (Phi) is 3.41. The van der Waals surface area contributed by atoms with E-state index in [1.54, 1.807) is 6.08 Å². The van der Waals surface area contributed by atoms with Crippen molar-refractivity contribution < 1.29 is 14.7 Å². The van der Waals surface area contributed by atoms with E-state index in [1.165, 1.54) is 12.5 Å². The second-order valence-electron chi connectivity index (χ2n) is 9.13. The summed E-state index contributed by atoms with van der Waals surface area (Å²) < 4.78 is 0. The maximum Gasteiger partial charge on any atom is 0.178 e. The van der Waals surface area contributed by atoms with E-state index < -0.39 is 11.0 Å². The Bertz CT molecular complexity index is 744. The van der Waals surface area contributed by atoms with Crippen LogP contribution >= 0.6 is 0 Å². The molecule has 1 unspecified atom stereocenters. The van der Waals surface area contributed by atoms with Gasteiger partial charge in [-0.1, -0.05) is 32.1 Å². The normalized spacial score (nSPS) is 48.5. The van der Waals surface area contributed by atoms with Gasteiger partial charge in [0.05, 0.1) is 0 Å². The van der Waals surface area contributed by atoms with Crippen LogP contribution in [-0.4, -0.2) is 22.3 Å². The van der Waals surface area contributed by atoms with Crippen LogP contribution in [0.25, 0.3) is 0 Å². The summed E-state index contributed by atoms with van der Waals surface area (Å²) in [7, 11) is 0. The molecule has 0 saturated heterocycles. The smallest absolute Gasteiger partial charge is 0.178 e. The lowest BCUT2D eigenvalue weighted by Crippen LogP contribution is -2.57. The molecule has 0 amide bonds. The van der Waals surface area contributed by atoms with Crippen molar-refractivity contribution in [2.45, 2.75) is 58.5 Å². The lowest BCUT2D eigenvalue weighted by Gasteiger charge is -2.57. The minimum absolute atomic E-state index is 0.0591. The molecule has 0 aromatic rings. The minimum atomic E-state index is -1.38. The van der Waals surface area contributed by atoms with Gasteiger partial charge in [-0.15, -0.1) is 0 Å². The summed E-state index contributed by atoms with van der Waals surface area (Å²) in [6, 6.07) is 0. The Morgan fingerprint density at radius 1 is 1.28 bits per heavy atom. The molecule has 0 spiro atoms. The predicted molar refractivity (Wildman–Crippen MR) is 96.8 cm³/mol. The number of hydrogen-bond donors (Lipinski definition) is 1. The molecule has 1 N–H and O–H groups in total. The van der Waals surface area contributed by atoms with Crippen LogP contribution in [0.4, 0.5) is 0 Å². The fraction of sp³-hybridized carbons (Fsp3) is 0.636. The van der Waals surface area contributed by atoms with Crippen molar-refractivity contribution >= 4 is 11.6 Å². The summed E-state index contributed by atoms with van der Waals surface area (Å²) in [6.07, 6.45) is 10.2. The number of ketones is 2. The number of carbonyl (C=O) groups is 2. The molecule has 3 fully saturated rings. The minimum Gasteiger partial charge on any atom is -0.377 e. The third-order valence-electron chi connectivity index (χ3n) is 8.26. The van der Waals surface area contributed by atoms with Gasteiger partial charge in [0.25, 0.3) is 0 Å². The van der Waals surface area contributed by atoms with Crippen molar-refractivity contribution in [3.63, 3.8) is 0 Å². The number of fused-ring (bicyclic) bond motifs is 5. The maximum atomic E-state index is 12.4. The van der Waals surface area contributed by atoms with E-state index in [-0.39, 0.29) is 22.9 Å². The standard InChI is InChI=1S/C22H28O3/c1-13-11-19-17-6-5-15-12-16(24)7-9-20(15,3)18(17)8-10-21(19,4)22(13,25)14(2)23/h7,9,12,17-19,25H,1,5-6,8,10-11H2,2-4H3/t17-,18?,19+,20+,21+,22+/m1/s1. The molecule has 134 valence electrons. The highest BCUT2D eigenvalue weighted by Crippen LogP contribution is 2.67. The van der Waals surface area contributed by atoms with Crippen LogP contribution in [0.3, 0.4) is 0 Å². The van der Waals surface area contributed by atoms with Gasteiger partial charge in [0.2, 0.25) is 0 Å². The molecule has 4 aliphatic rings. The molecule has 3 nitrogen and oxygen atoms in total. The molecule has 3 saturated carbocycles. The van der Waals surface area contributed by atoms with Crippen LogP contribution in [-0.2, 0) is 9.59 Å². The fourth-order valence-corrected chi connectivity index (χ4v) is 6.81. The largest absolute Gasteiger partial charge is 0.377 e. The van der Waals surface area contributed by atoms with Crippen LogP contribution in [0.5, 0.6) is 0 Å². The monoisotopic (exact) mass is 340 g/mol. The molecule has 0 radical (unpaired) electrons. The van der Waals surface area contributed by atoms with Gasteiger partial charge in [-0.2, -0.15) is 0 Å². The van der Waals surface area contributed by atoms with Gasteiger partial charge in [0.1, 0.15) is 5.60 Å². The number of aliphatic hydroxyl groups is 1. The fourth-order valence-electron chi connectivity index (χ4n) is 6.81. The second kappa shape index (κ2) is 5.03. The van der Waals surface area contributed by atoms with Crippen LogP contribution in [0, 0.1) is 28.6 Å². The predicted octanol–water partition coefficient (Wildman–Crippen LogP) is 3.78. The van der Waals surface area contributed by atoms with Crippen molar-refractivity contribution in [1.29, 1.82) is 0 Å². The summed E-state index contributed by atoms with van der Waals surface area (Å²) in [5.74, 6) is 1.16. The first kappa shape index (κ1) is 17.0. The topological polar surface area (TPSA) is 54.4 Å². The van der Waals surface area contributed by atoms with Crippen molar-refractivity contribution in [2.24, 2.45) is 28.6 Å². The third-order valence-corrected chi connectivity index (χ3v) is 8.26. The first-order chi connectivity index (χ1) is 11.6. The number of allylic oxidation sites excluding steroid dienone is 4. The summed E-state index contributed by atoms with van der Waals surface area (Å²) in [5.41, 5.74) is 0.120. The van der Waals surface area contributed by atoms with Gasteiger partial charge >= 0.3 is 0 Å². The number of rotatable bonds is 1. The van der Waals surface area contributed by atoms with Gasteiger partial charge in [-0.05, 0) is 74.5 Å². The summed E-state index contributed by atoms with van der Waals surface area (Å²) in [4.78, 5) is 24.2. The zero-order valence-corrected chi connectivity index (χ0v) is 15.5. The van der Waals surface area contributed by atoms with E-state index in [1.807, 2.05) is 6.08 Å². The third kappa shape index (κ3) is 1.91. The first-order valence-electron chi connectivity index (χ1n) is 9.50. The highest BCUT2D eigenvalue weighted by molar-refractivity contribution is 6.01. The molecule has 4 aliphatic carbocycles. The average molecular weight is 340 g/mol. The van der Waals surface area contributed by atoms with Gasteiger partial charge in [-0.3, -0.25) is 9.59 Å². The van der Waals surface area contributed by atoms with E-state index in [9.17, 15) is 14.7 Å². The number of hydrogen-bond acceptors (Lipinski definition) is 3. The second-order valence-corrected chi connectivity index (χ2v) is 9.13. The number of Topliss-reactive ketones (excluding diaryl/α,β-unsaturated/α-hetero) is 1. The molecule has 0 heterocycles. The van der Waals surface area contributed by atoms with E-state index in [4.69, 9.17) is 0 Å². The SMILES string of the molecule is C=C1C[C@H]2[C@@H]3CCC4=CC(=O)C=C[C@]4(C)C3CC[C@]2(C)[C@@]1(O)C(C)=O. The highest BCUT2D eigenvalue weighted by Gasteiger charge is 2.66. The van der Waals surface area contributed by atoms with Crippen LogP contribution in [0.1, 0.15) is 52.9 Å². The van der Waals surface area contributed by atoms with Gasteiger partial charge in [0, 0.05) is 10.8 Å². The quantitative estimate of drug-likeness (QED) is 0.739. The zero-order chi connectivity index (χ0) is 18.2. The van der Waals surface area contributed by atoms with Crippen molar-refractivity contribution in [3.8, 4) is 0 Å². The Morgan fingerprint density at radius 2 is 2.00 bits per heavy atom. The molecule has 3 heteroatoms. The maximum absolute atomic E-state index is 12.4. The van der Waals surface area contributed by atoms with Crippen LogP contribution in [0.15, 0.2) is 36.0 Å². The summed E-state index contributed by atoms with van der Waals surface area (Å²) in [5, 5.41) is 11.3. The first-order valence-corrected chi connectivity index (χ1v) is 9.50. The van der Waals surface area contributed by atoms with Crippen LogP contribution < -0.4 is 0 Å². The Labute approximate surface area is 149 Å². The van der Waals surface area contributed by atoms with E-state index in [0.717, 1.165) is 32.1 Å². The highest BCUT2D eigenvalue weighted by atomic mass is 16.3. The molecule has 6 atom stereocenters. The molecule has 4 rings (SSSR count). The Hall–Kier alpha value is -1.48. The van der Waals surface area contributed by atoms with E-state index >= 15 is 0 Å². The Balaban J connectivity index is 1.75. The van der Waals surface area contributed by atoms with Gasteiger partial charge in [-0.25, -0.2) is 0 Å². The zero-order valence-electron chi connectivity index (χ0n) is 15.5. The van der Waals surface area contributed by atoms with Gasteiger partial charge < -0.3 is 5.11 Å². The lowest BCUT2D eigenvalue weighted by molar-refractivity contribution is -0.153. The lowest BCUT2D eigenvalue weighted by atomic mass is 9.47. The van der Waals surface area contributed by atoms with E-state index in [2.05, 4.69) is 26.5 Å². The molecule has 0 aromatic carbocycles. The van der Waals surface area contributed by atoms with Gasteiger partial charge in [0.15, 0.2) is 11.6 Å². The number of carbonyl (C=O) groups excluding carboxylic acids is 2. The molecule has 0 bridgehead atoms. The molecule has 0 aliphatic heterocycles. The van der Waals surface area contributed by atoms with Crippen LogP contribution in [0.2, 0.25) is 0 Å². The van der Waals surface area contributed by atoms with E-state index in [0.29, 0.717) is 17.4 Å². The summed E-state index contributed by atoms with van der Waals surface area (Å²) in [6.45, 7) is 9.97. The molecule has 0 aromatic heterocycles. The Morgan fingerprint density at radius 3 is 2.68 bits per heavy atom.